The van der Waals surface area contributed by atoms with Crippen LogP contribution < -0.4 is 47.9 Å². The van der Waals surface area contributed by atoms with E-state index in [4.69, 9.17) is 0 Å². The largest absolute Gasteiger partial charge is 0.355 e. The Morgan fingerprint density at radius 3 is 0.575 bits per heavy atom. The van der Waals surface area contributed by atoms with Gasteiger partial charge in [-0.2, -0.15) is 75.8 Å². The zero-order valence-electron chi connectivity index (χ0n) is 41.1. The van der Waals surface area contributed by atoms with E-state index in [1.165, 1.54) is 14.7 Å². The third-order valence-corrected chi connectivity index (χ3v) is 11.8. The van der Waals surface area contributed by atoms with Crippen molar-refractivity contribution in [3.8, 4) is 0 Å². The van der Waals surface area contributed by atoms with E-state index < -0.39 is 17.7 Å². The lowest BCUT2D eigenvalue weighted by Gasteiger charge is -2.24. The van der Waals surface area contributed by atoms with Gasteiger partial charge in [-0.15, -0.1) is 0 Å². The van der Waals surface area contributed by atoms with E-state index in [0.717, 1.165) is 0 Å². The van der Waals surface area contributed by atoms with E-state index in [1.807, 2.05) is 4.90 Å². The Hall–Kier alpha value is -4.30. The Bertz CT molecular complexity index is 1520. The number of rotatable bonds is 42. The number of hydrogen-bond donors (Lipinski definition) is 15. The van der Waals surface area contributed by atoms with Crippen LogP contribution >= 0.6 is 75.8 Å². The van der Waals surface area contributed by atoms with Gasteiger partial charge < -0.3 is 62.6 Å². The number of carbonyl (C=O) groups excluding carboxylic acids is 12. The van der Waals surface area contributed by atoms with Gasteiger partial charge in [0.05, 0.1) is 34.5 Å². The molecule has 0 aromatic heterocycles. The molecule has 0 spiro atoms. The van der Waals surface area contributed by atoms with Crippen molar-refractivity contribution in [1.29, 1.82) is 0 Å². The van der Waals surface area contributed by atoms with E-state index in [0.29, 0.717) is 0 Å². The molecule has 0 aliphatic rings. The summed E-state index contributed by atoms with van der Waals surface area (Å²) in [7, 11) is 0. The van der Waals surface area contributed by atoms with E-state index in [1.54, 1.807) is 0 Å². The van der Waals surface area contributed by atoms with Crippen LogP contribution in [0.15, 0.2) is 0 Å². The second kappa shape index (κ2) is 44.0. The summed E-state index contributed by atoms with van der Waals surface area (Å²) in [5, 5.41) is 24.1. The van der Waals surface area contributed by atoms with Crippen molar-refractivity contribution in [2.75, 3.05) is 152 Å². The summed E-state index contributed by atoms with van der Waals surface area (Å²) >= 11 is 23.5. The molecule has 0 aliphatic heterocycles. The average molecular weight is 1150 g/mol. The third kappa shape index (κ3) is 37.1. The average Bonchev–Trinajstić information content (AvgIpc) is 3.38. The van der Waals surface area contributed by atoms with Gasteiger partial charge >= 0.3 is 0 Å². The minimum absolute atomic E-state index is 0.0374. The maximum Gasteiger partial charge on any atom is 0.229 e. The molecule has 0 saturated heterocycles. The SMILES string of the molecule is O=C(CS)NCCN(CCNC(=O)CS)C(=O)CCC(=O)NCCN(CCNC(=O)CCC(=O)N(CCNC(=O)CS)CCNC(=O)CS)CCNC(=O)CCC(=O)N(CCNC(=O)CS)CCNC(=O)CS. The molecule has 0 heterocycles. The van der Waals surface area contributed by atoms with Crippen molar-refractivity contribution in [2.24, 2.45) is 0 Å². The van der Waals surface area contributed by atoms with Crippen molar-refractivity contribution < 1.29 is 57.5 Å². The highest BCUT2D eigenvalue weighted by molar-refractivity contribution is 7.81. The second-order valence-corrected chi connectivity index (χ2v) is 17.5. The number of carbonyl (C=O) groups is 12. The van der Waals surface area contributed by atoms with Crippen molar-refractivity contribution in [3.05, 3.63) is 0 Å². The number of amides is 12. The molecule has 0 radical (unpaired) electrons. The van der Waals surface area contributed by atoms with Crippen LogP contribution in [0.1, 0.15) is 38.5 Å². The van der Waals surface area contributed by atoms with Crippen molar-refractivity contribution in [1.82, 2.24) is 67.5 Å². The summed E-state index contributed by atoms with van der Waals surface area (Å²) in [6.45, 7) is 2.71. The van der Waals surface area contributed by atoms with Crippen LogP contribution in [-0.2, 0) is 57.5 Å². The van der Waals surface area contributed by atoms with Gasteiger partial charge in [-0.05, 0) is 0 Å². The fourth-order valence-electron chi connectivity index (χ4n) is 6.20. The quantitative estimate of drug-likeness (QED) is 0.0255. The standard InChI is InChI=1S/C42H75N13O12S6/c56-31(1-4-40(65)53(19-10-46-34(59)25-68)20-11-47-35(60)26-69)43-7-16-52(17-8-44-32(57)2-5-41(66)54(21-12-48-36(61)27-70)22-13-49-37(62)28-71)18-9-45-33(58)3-6-42(67)55(23-14-50-38(63)29-72)24-15-51-39(64)30-73/h68-73H,1-30H2,(H,43,56)(H,44,57)(H,45,58)(H,46,59)(H,47,60)(H,48,61)(H,49,62)(H,50,63)(H,51,64). The molecule has 9 N–H and O–H groups in total. The summed E-state index contributed by atoms with van der Waals surface area (Å²) < 4.78 is 0. The molecule has 73 heavy (non-hydrogen) atoms. The number of thiol groups is 6. The lowest BCUT2D eigenvalue weighted by Crippen LogP contribution is -2.44. The molecule has 0 saturated carbocycles. The minimum Gasteiger partial charge on any atom is -0.355 e. The predicted molar refractivity (Wildman–Crippen MR) is 294 cm³/mol. The van der Waals surface area contributed by atoms with E-state index >= 15 is 0 Å². The van der Waals surface area contributed by atoms with Crippen LogP contribution in [-0.4, -0.2) is 243 Å². The summed E-state index contributed by atoms with van der Waals surface area (Å²) in [6, 6.07) is 0. The van der Waals surface area contributed by atoms with Crippen molar-refractivity contribution >= 4 is 147 Å². The second-order valence-electron chi connectivity index (χ2n) is 15.6. The molecule has 31 heteroatoms. The summed E-state index contributed by atoms with van der Waals surface area (Å²) in [5.41, 5.74) is 0. The fourth-order valence-corrected chi connectivity index (χ4v) is 6.87. The van der Waals surface area contributed by atoms with Gasteiger partial charge in [0, 0.05) is 156 Å². The predicted octanol–water partition coefficient (Wildman–Crippen LogP) is -5.26. The first-order chi connectivity index (χ1) is 34.9. The Balaban J connectivity index is 5.63. The van der Waals surface area contributed by atoms with Gasteiger partial charge in [-0.25, -0.2) is 0 Å². The highest BCUT2D eigenvalue weighted by atomic mass is 32.1. The molecule has 25 nitrogen and oxygen atoms in total. The Labute approximate surface area is 460 Å². The molecule has 0 unspecified atom stereocenters. The minimum atomic E-state index is -0.430. The number of hydrogen-bond acceptors (Lipinski definition) is 19. The maximum absolute atomic E-state index is 13.1. The molecule has 0 atom stereocenters. The molecule has 0 aromatic rings. The molecule has 416 valence electrons. The summed E-state index contributed by atoms with van der Waals surface area (Å²) in [4.78, 5) is 154. The Morgan fingerprint density at radius 2 is 0.397 bits per heavy atom. The van der Waals surface area contributed by atoms with Gasteiger partial charge in [-0.1, -0.05) is 0 Å². The lowest BCUT2D eigenvalue weighted by molar-refractivity contribution is -0.134. The van der Waals surface area contributed by atoms with Gasteiger partial charge in [0.2, 0.25) is 70.9 Å². The molecule has 0 bridgehead atoms. The zero-order valence-corrected chi connectivity index (χ0v) is 46.5. The third-order valence-electron chi connectivity index (χ3n) is 10.1. The lowest BCUT2D eigenvalue weighted by atomic mass is 10.2. The first kappa shape index (κ1) is 68.7. The maximum atomic E-state index is 13.1. The topological polar surface area (TPSA) is 326 Å². The van der Waals surface area contributed by atoms with Gasteiger partial charge in [-0.3, -0.25) is 62.4 Å². The van der Waals surface area contributed by atoms with E-state index in [9.17, 15) is 57.5 Å². The van der Waals surface area contributed by atoms with Gasteiger partial charge in [0.25, 0.3) is 0 Å². The van der Waals surface area contributed by atoms with E-state index in [2.05, 4.69) is 124 Å². The Kier molecular flexibility index (Phi) is 41.4. The van der Waals surface area contributed by atoms with Crippen LogP contribution in [0.25, 0.3) is 0 Å². The summed E-state index contributed by atoms with van der Waals surface area (Å²) in [5.74, 6) is -4.60. The van der Waals surface area contributed by atoms with Crippen LogP contribution in [0.5, 0.6) is 0 Å². The molecule has 0 aliphatic carbocycles. The smallest absolute Gasteiger partial charge is 0.229 e. The van der Waals surface area contributed by atoms with Gasteiger partial charge in [0.1, 0.15) is 0 Å². The monoisotopic (exact) mass is 1150 g/mol. The fraction of sp³-hybridized carbons (Fsp3) is 0.714. The van der Waals surface area contributed by atoms with Crippen LogP contribution in [0.2, 0.25) is 0 Å². The normalized spacial score (nSPS) is 10.6. The first-order valence-corrected chi connectivity index (χ1v) is 27.3. The zero-order chi connectivity index (χ0) is 54.8. The molecule has 12 amide bonds. The first-order valence-electron chi connectivity index (χ1n) is 23.5. The molecular weight excluding hydrogens is 1070 g/mol. The summed E-state index contributed by atoms with van der Waals surface area (Å²) in [6.07, 6.45) is -0.968. The van der Waals surface area contributed by atoms with Crippen LogP contribution in [0.3, 0.4) is 0 Å². The number of nitrogens with one attached hydrogen (secondary N) is 9. The van der Waals surface area contributed by atoms with E-state index in [-0.39, 0.29) is 244 Å². The molecule has 0 rings (SSSR count). The Morgan fingerprint density at radius 1 is 0.233 bits per heavy atom. The van der Waals surface area contributed by atoms with Crippen LogP contribution in [0, 0.1) is 0 Å². The molecular formula is C42H75N13O12S6. The molecule has 0 aromatic carbocycles. The van der Waals surface area contributed by atoms with Crippen molar-refractivity contribution in [2.45, 2.75) is 38.5 Å². The van der Waals surface area contributed by atoms with Crippen molar-refractivity contribution in [3.63, 3.8) is 0 Å². The number of nitrogens with zero attached hydrogens (tertiary/aromatic N) is 4. The molecule has 0 fully saturated rings. The highest BCUT2D eigenvalue weighted by Gasteiger charge is 2.20. The highest BCUT2D eigenvalue weighted by Crippen LogP contribution is 2.02. The van der Waals surface area contributed by atoms with Crippen LogP contribution in [0.4, 0.5) is 0 Å². The van der Waals surface area contributed by atoms with Gasteiger partial charge in [0.15, 0.2) is 0 Å².